The van der Waals surface area contributed by atoms with Crippen LogP contribution in [0.5, 0.6) is 0 Å². The zero-order valence-corrected chi connectivity index (χ0v) is 9.76. The standard InChI is InChI=1S/C13H19N3/c1-16-10-12(7-8-14)15-13(16)9-11-5-3-2-4-6-11/h2-6,12H,7-10,14H2,1H3. The minimum atomic E-state index is 0.397. The van der Waals surface area contributed by atoms with Crippen LogP contribution in [0.1, 0.15) is 12.0 Å². The number of nitrogens with two attached hydrogens (primary N) is 1. The number of aliphatic imine (C=N–C) groups is 1. The average molecular weight is 217 g/mol. The van der Waals surface area contributed by atoms with Crippen LogP contribution in [0.4, 0.5) is 0 Å². The van der Waals surface area contributed by atoms with E-state index in [9.17, 15) is 0 Å². The molecule has 0 amide bonds. The van der Waals surface area contributed by atoms with Crippen molar-refractivity contribution in [3.63, 3.8) is 0 Å². The zero-order chi connectivity index (χ0) is 11.4. The summed E-state index contributed by atoms with van der Waals surface area (Å²) in [6, 6.07) is 10.9. The summed E-state index contributed by atoms with van der Waals surface area (Å²) in [5.41, 5.74) is 6.88. The second-order valence-electron chi connectivity index (χ2n) is 4.32. The number of nitrogens with zero attached hydrogens (tertiary/aromatic N) is 2. The number of hydrogen-bond acceptors (Lipinski definition) is 3. The Labute approximate surface area is 97.0 Å². The van der Waals surface area contributed by atoms with Gasteiger partial charge in [0.05, 0.1) is 6.04 Å². The van der Waals surface area contributed by atoms with Crippen molar-refractivity contribution in [3.8, 4) is 0 Å². The maximum Gasteiger partial charge on any atom is 0.104 e. The van der Waals surface area contributed by atoms with Crippen LogP contribution in [0, 0.1) is 0 Å². The smallest absolute Gasteiger partial charge is 0.104 e. The molecule has 0 aliphatic carbocycles. The quantitative estimate of drug-likeness (QED) is 0.825. The molecule has 1 aliphatic heterocycles. The Hall–Kier alpha value is -1.35. The number of benzene rings is 1. The van der Waals surface area contributed by atoms with Crippen LogP contribution in [-0.4, -0.2) is 36.9 Å². The third-order valence-corrected chi connectivity index (χ3v) is 2.96. The summed E-state index contributed by atoms with van der Waals surface area (Å²) in [5.74, 6) is 1.18. The highest BCUT2D eigenvalue weighted by Gasteiger charge is 2.21. The summed E-state index contributed by atoms with van der Waals surface area (Å²) in [5, 5.41) is 0. The second kappa shape index (κ2) is 5.12. The molecule has 2 N–H and O–H groups in total. The molecule has 1 unspecified atom stereocenters. The van der Waals surface area contributed by atoms with Gasteiger partial charge >= 0.3 is 0 Å². The van der Waals surface area contributed by atoms with Crippen molar-refractivity contribution < 1.29 is 0 Å². The van der Waals surface area contributed by atoms with Crippen molar-refractivity contribution in [2.24, 2.45) is 10.7 Å². The van der Waals surface area contributed by atoms with E-state index in [1.807, 2.05) is 6.07 Å². The van der Waals surface area contributed by atoms with Crippen LogP contribution < -0.4 is 5.73 Å². The highest BCUT2D eigenvalue weighted by molar-refractivity contribution is 5.85. The lowest BCUT2D eigenvalue weighted by atomic mass is 10.1. The molecule has 1 atom stereocenters. The molecule has 2 rings (SSSR count). The van der Waals surface area contributed by atoms with E-state index in [0.29, 0.717) is 6.04 Å². The normalized spacial score (nSPS) is 20.0. The van der Waals surface area contributed by atoms with E-state index in [-0.39, 0.29) is 0 Å². The summed E-state index contributed by atoms with van der Waals surface area (Å²) >= 11 is 0. The molecule has 0 fully saturated rings. The maximum atomic E-state index is 5.56. The molecular weight excluding hydrogens is 198 g/mol. The van der Waals surface area contributed by atoms with Gasteiger partial charge in [-0.2, -0.15) is 0 Å². The van der Waals surface area contributed by atoms with Crippen LogP contribution in [0.25, 0.3) is 0 Å². The Morgan fingerprint density at radius 2 is 2.12 bits per heavy atom. The summed E-state index contributed by atoms with van der Waals surface area (Å²) in [7, 11) is 2.11. The third-order valence-electron chi connectivity index (χ3n) is 2.96. The Kier molecular flexibility index (Phi) is 3.57. The molecule has 1 aliphatic rings. The van der Waals surface area contributed by atoms with Crippen molar-refractivity contribution in [1.82, 2.24) is 4.90 Å². The van der Waals surface area contributed by atoms with Gasteiger partial charge in [0.15, 0.2) is 0 Å². The first-order valence-corrected chi connectivity index (χ1v) is 5.81. The topological polar surface area (TPSA) is 41.6 Å². The largest absolute Gasteiger partial charge is 0.361 e. The van der Waals surface area contributed by atoms with Crippen molar-refractivity contribution in [3.05, 3.63) is 35.9 Å². The van der Waals surface area contributed by atoms with E-state index in [4.69, 9.17) is 10.7 Å². The molecular formula is C13H19N3. The molecule has 0 radical (unpaired) electrons. The first-order valence-electron chi connectivity index (χ1n) is 5.81. The Morgan fingerprint density at radius 3 is 2.81 bits per heavy atom. The predicted octanol–water partition coefficient (Wildman–Crippen LogP) is 1.29. The van der Waals surface area contributed by atoms with E-state index in [1.165, 1.54) is 11.4 Å². The molecule has 16 heavy (non-hydrogen) atoms. The summed E-state index contributed by atoms with van der Waals surface area (Å²) < 4.78 is 0. The van der Waals surface area contributed by atoms with Crippen molar-refractivity contribution in [1.29, 1.82) is 0 Å². The van der Waals surface area contributed by atoms with Gasteiger partial charge in [0.1, 0.15) is 5.84 Å². The van der Waals surface area contributed by atoms with Gasteiger partial charge in [-0.05, 0) is 18.5 Å². The van der Waals surface area contributed by atoms with Crippen LogP contribution in [0.2, 0.25) is 0 Å². The molecule has 1 heterocycles. The van der Waals surface area contributed by atoms with Crippen molar-refractivity contribution >= 4 is 5.84 Å². The van der Waals surface area contributed by atoms with Crippen LogP contribution in [-0.2, 0) is 6.42 Å². The summed E-state index contributed by atoms with van der Waals surface area (Å²) in [4.78, 5) is 6.96. The fraction of sp³-hybridized carbons (Fsp3) is 0.462. The fourth-order valence-corrected chi connectivity index (χ4v) is 2.08. The molecule has 3 heteroatoms. The van der Waals surface area contributed by atoms with Crippen molar-refractivity contribution in [2.75, 3.05) is 20.1 Å². The first-order chi connectivity index (χ1) is 7.79. The predicted molar refractivity (Wildman–Crippen MR) is 67.7 cm³/mol. The monoisotopic (exact) mass is 217 g/mol. The van der Waals surface area contributed by atoms with Gasteiger partial charge in [-0.1, -0.05) is 30.3 Å². The van der Waals surface area contributed by atoms with Crippen LogP contribution >= 0.6 is 0 Å². The molecule has 0 saturated carbocycles. The molecule has 0 bridgehead atoms. The lowest BCUT2D eigenvalue weighted by Gasteiger charge is -2.14. The maximum absolute atomic E-state index is 5.56. The van der Waals surface area contributed by atoms with Crippen molar-refractivity contribution in [2.45, 2.75) is 18.9 Å². The van der Waals surface area contributed by atoms with E-state index in [0.717, 1.165) is 25.9 Å². The Bertz CT molecular complexity index is 359. The van der Waals surface area contributed by atoms with E-state index in [1.54, 1.807) is 0 Å². The molecule has 1 aromatic carbocycles. The van der Waals surface area contributed by atoms with Gasteiger partial charge in [-0.3, -0.25) is 4.99 Å². The highest BCUT2D eigenvalue weighted by atomic mass is 15.2. The lowest BCUT2D eigenvalue weighted by Crippen LogP contribution is -2.26. The Balaban J connectivity index is 2.02. The molecule has 0 aromatic heterocycles. The summed E-state index contributed by atoms with van der Waals surface area (Å²) in [6.45, 7) is 1.74. The zero-order valence-electron chi connectivity index (χ0n) is 9.76. The Morgan fingerprint density at radius 1 is 1.38 bits per heavy atom. The number of likely N-dealkylation sites (N-methyl/N-ethyl adjacent to an activating group) is 1. The van der Waals surface area contributed by atoms with E-state index in [2.05, 4.69) is 36.2 Å². The first kappa shape index (κ1) is 11.1. The molecule has 0 saturated heterocycles. The van der Waals surface area contributed by atoms with Crippen LogP contribution in [0.15, 0.2) is 35.3 Å². The number of rotatable bonds is 4. The van der Waals surface area contributed by atoms with Gasteiger partial charge in [-0.25, -0.2) is 0 Å². The molecule has 0 spiro atoms. The van der Waals surface area contributed by atoms with Gasteiger partial charge in [0.25, 0.3) is 0 Å². The lowest BCUT2D eigenvalue weighted by molar-refractivity contribution is 0.481. The summed E-state index contributed by atoms with van der Waals surface area (Å²) in [6.07, 6.45) is 1.92. The van der Waals surface area contributed by atoms with Gasteiger partial charge < -0.3 is 10.6 Å². The van der Waals surface area contributed by atoms with E-state index >= 15 is 0 Å². The minimum Gasteiger partial charge on any atom is -0.361 e. The van der Waals surface area contributed by atoms with Gasteiger partial charge in [-0.15, -0.1) is 0 Å². The average Bonchev–Trinajstić information content (AvgIpc) is 2.61. The number of amidine groups is 1. The minimum absolute atomic E-state index is 0.397. The van der Waals surface area contributed by atoms with E-state index < -0.39 is 0 Å². The third kappa shape index (κ3) is 2.61. The van der Waals surface area contributed by atoms with Crippen LogP contribution in [0.3, 0.4) is 0 Å². The SMILES string of the molecule is CN1CC(CCN)N=C1Cc1ccccc1. The molecule has 3 nitrogen and oxygen atoms in total. The molecule has 1 aromatic rings. The second-order valence-corrected chi connectivity index (χ2v) is 4.32. The highest BCUT2D eigenvalue weighted by Crippen LogP contribution is 2.13. The van der Waals surface area contributed by atoms with Gasteiger partial charge in [0, 0.05) is 20.0 Å². The molecule has 86 valence electrons. The number of hydrogen-bond donors (Lipinski definition) is 1. The fourth-order valence-electron chi connectivity index (χ4n) is 2.08. The van der Waals surface area contributed by atoms with Gasteiger partial charge in [0.2, 0.25) is 0 Å².